The standard InChI is InChI=1S/C31H31ClN4S2/c1-20(2)21-10-12-23(13-11-21)29-33-25(18-37-29)19-38-30-35-34-28(36(30)27-9-7-6-8-26(27)32)22-14-16-24(17-15-22)31(3,4)5/h6-18,20H,19H2,1-5H3. The molecule has 194 valence electrons. The summed E-state index contributed by atoms with van der Waals surface area (Å²) in [4.78, 5) is 4.90. The van der Waals surface area contributed by atoms with Crippen molar-refractivity contribution in [3.05, 3.63) is 100 Å². The Hall–Kier alpha value is -2.93. The number of para-hydroxylation sites is 1. The maximum Gasteiger partial charge on any atom is 0.196 e. The van der Waals surface area contributed by atoms with Crippen molar-refractivity contribution in [1.29, 1.82) is 0 Å². The van der Waals surface area contributed by atoms with E-state index in [2.05, 4.69) is 103 Å². The zero-order chi connectivity index (χ0) is 26.9. The number of nitrogens with zero attached hydrogens (tertiary/aromatic N) is 4. The third-order valence-electron chi connectivity index (χ3n) is 6.46. The fourth-order valence-electron chi connectivity index (χ4n) is 4.17. The first-order chi connectivity index (χ1) is 18.2. The van der Waals surface area contributed by atoms with Crippen LogP contribution in [0.25, 0.3) is 27.6 Å². The maximum atomic E-state index is 6.65. The molecular weight excluding hydrogens is 528 g/mol. The molecule has 0 N–H and O–H groups in total. The molecule has 0 atom stereocenters. The predicted molar refractivity (Wildman–Crippen MR) is 162 cm³/mol. The van der Waals surface area contributed by atoms with Crippen molar-refractivity contribution in [3.63, 3.8) is 0 Å². The summed E-state index contributed by atoms with van der Waals surface area (Å²) in [7, 11) is 0. The van der Waals surface area contributed by atoms with E-state index >= 15 is 0 Å². The van der Waals surface area contributed by atoms with Gasteiger partial charge in [0.2, 0.25) is 0 Å². The number of benzene rings is 3. The van der Waals surface area contributed by atoms with Gasteiger partial charge in [0.25, 0.3) is 0 Å². The third kappa shape index (κ3) is 5.73. The van der Waals surface area contributed by atoms with Crippen LogP contribution in [-0.4, -0.2) is 19.7 Å². The van der Waals surface area contributed by atoms with E-state index in [1.807, 2.05) is 24.3 Å². The lowest BCUT2D eigenvalue weighted by atomic mass is 9.87. The van der Waals surface area contributed by atoms with Crippen molar-refractivity contribution >= 4 is 34.7 Å². The summed E-state index contributed by atoms with van der Waals surface area (Å²) in [6.45, 7) is 11.1. The Morgan fingerprint density at radius 3 is 2.24 bits per heavy atom. The first-order valence-corrected chi connectivity index (χ1v) is 14.9. The van der Waals surface area contributed by atoms with Crippen LogP contribution in [0.4, 0.5) is 0 Å². The van der Waals surface area contributed by atoms with Gasteiger partial charge in [0, 0.05) is 22.3 Å². The molecule has 2 aromatic heterocycles. The van der Waals surface area contributed by atoms with Crippen LogP contribution >= 0.6 is 34.7 Å². The van der Waals surface area contributed by atoms with Gasteiger partial charge in [-0.15, -0.1) is 21.5 Å². The summed E-state index contributed by atoms with van der Waals surface area (Å²) in [6.07, 6.45) is 0. The molecule has 0 spiro atoms. The Bertz CT molecular complexity index is 1530. The molecule has 7 heteroatoms. The van der Waals surface area contributed by atoms with Crippen LogP contribution in [0.15, 0.2) is 83.3 Å². The molecule has 0 amide bonds. The van der Waals surface area contributed by atoms with Gasteiger partial charge in [-0.2, -0.15) is 0 Å². The molecule has 5 rings (SSSR count). The second-order valence-corrected chi connectivity index (χ2v) is 12.8. The molecule has 0 bridgehead atoms. The summed E-state index contributed by atoms with van der Waals surface area (Å²) < 4.78 is 2.05. The molecule has 3 aromatic carbocycles. The van der Waals surface area contributed by atoms with E-state index in [-0.39, 0.29) is 5.41 Å². The average molecular weight is 559 g/mol. The number of hydrogen-bond acceptors (Lipinski definition) is 5. The van der Waals surface area contributed by atoms with Crippen LogP contribution in [0.2, 0.25) is 5.02 Å². The molecule has 2 heterocycles. The first kappa shape index (κ1) is 26.7. The minimum atomic E-state index is 0.0821. The Balaban J connectivity index is 1.43. The molecule has 0 saturated carbocycles. The summed E-state index contributed by atoms with van der Waals surface area (Å²) in [5, 5.41) is 13.8. The van der Waals surface area contributed by atoms with Gasteiger partial charge in [-0.05, 0) is 34.6 Å². The van der Waals surface area contributed by atoms with Crippen LogP contribution in [-0.2, 0) is 11.2 Å². The van der Waals surface area contributed by atoms with Crippen molar-refractivity contribution < 1.29 is 0 Å². The van der Waals surface area contributed by atoms with Crippen molar-refractivity contribution in [1.82, 2.24) is 19.7 Å². The van der Waals surface area contributed by atoms with Crippen molar-refractivity contribution in [3.8, 4) is 27.6 Å². The molecule has 0 aliphatic carbocycles. The van der Waals surface area contributed by atoms with E-state index in [4.69, 9.17) is 16.6 Å². The molecular formula is C31H31ClN4S2. The molecule has 0 radical (unpaired) electrons. The second-order valence-electron chi connectivity index (χ2n) is 10.6. The highest BCUT2D eigenvalue weighted by molar-refractivity contribution is 7.98. The number of thiazole rings is 1. The predicted octanol–water partition coefficient (Wildman–Crippen LogP) is 9.42. The monoisotopic (exact) mass is 558 g/mol. The summed E-state index contributed by atoms with van der Waals surface area (Å²) >= 11 is 9.94. The van der Waals surface area contributed by atoms with E-state index < -0.39 is 0 Å². The lowest BCUT2D eigenvalue weighted by molar-refractivity contribution is 0.590. The Kier molecular flexibility index (Phi) is 7.75. The molecule has 38 heavy (non-hydrogen) atoms. The van der Waals surface area contributed by atoms with Gasteiger partial charge in [0.05, 0.1) is 16.4 Å². The van der Waals surface area contributed by atoms with Crippen molar-refractivity contribution in [2.24, 2.45) is 0 Å². The van der Waals surface area contributed by atoms with Gasteiger partial charge in [0.15, 0.2) is 11.0 Å². The highest BCUT2D eigenvalue weighted by Crippen LogP contribution is 2.34. The van der Waals surface area contributed by atoms with E-state index in [9.17, 15) is 0 Å². The van der Waals surface area contributed by atoms with Gasteiger partial charge in [-0.1, -0.05) is 119 Å². The third-order valence-corrected chi connectivity index (χ3v) is 8.68. The van der Waals surface area contributed by atoms with Crippen molar-refractivity contribution in [2.75, 3.05) is 0 Å². The molecule has 5 aromatic rings. The molecule has 4 nitrogen and oxygen atoms in total. The summed E-state index contributed by atoms with van der Waals surface area (Å²) in [5.41, 5.74) is 6.72. The largest absolute Gasteiger partial charge is 0.269 e. The first-order valence-electron chi connectivity index (χ1n) is 12.7. The van der Waals surface area contributed by atoms with E-state index in [1.165, 1.54) is 11.1 Å². The quantitative estimate of drug-likeness (QED) is 0.187. The van der Waals surface area contributed by atoms with Gasteiger partial charge in [-0.3, -0.25) is 4.57 Å². The van der Waals surface area contributed by atoms with Gasteiger partial charge in [0.1, 0.15) is 5.01 Å². The second kappa shape index (κ2) is 11.0. The van der Waals surface area contributed by atoms with Crippen LogP contribution in [0.3, 0.4) is 0 Å². The lowest BCUT2D eigenvalue weighted by Crippen LogP contribution is -2.10. The van der Waals surface area contributed by atoms with Gasteiger partial charge in [-0.25, -0.2) is 4.98 Å². The van der Waals surface area contributed by atoms with Crippen LogP contribution in [0, 0.1) is 0 Å². The number of thioether (sulfide) groups is 1. The Morgan fingerprint density at radius 2 is 1.58 bits per heavy atom. The Morgan fingerprint density at radius 1 is 0.895 bits per heavy atom. The minimum absolute atomic E-state index is 0.0821. The van der Waals surface area contributed by atoms with Crippen molar-refractivity contribution in [2.45, 2.75) is 56.9 Å². The highest BCUT2D eigenvalue weighted by Gasteiger charge is 2.20. The topological polar surface area (TPSA) is 43.6 Å². The number of hydrogen-bond donors (Lipinski definition) is 0. The highest BCUT2D eigenvalue weighted by atomic mass is 35.5. The zero-order valence-electron chi connectivity index (χ0n) is 22.3. The fraction of sp³-hybridized carbons (Fsp3) is 0.258. The molecule has 0 aliphatic heterocycles. The smallest absolute Gasteiger partial charge is 0.196 e. The Labute approximate surface area is 238 Å². The summed E-state index contributed by atoms with van der Waals surface area (Å²) in [5.74, 6) is 1.97. The number of rotatable bonds is 7. The normalized spacial score (nSPS) is 11.9. The lowest BCUT2D eigenvalue weighted by Gasteiger charge is -2.19. The molecule has 0 aliphatic rings. The molecule has 0 unspecified atom stereocenters. The van der Waals surface area contributed by atoms with E-state index in [0.29, 0.717) is 16.7 Å². The fourth-order valence-corrected chi connectivity index (χ4v) is 6.16. The van der Waals surface area contributed by atoms with E-state index in [0.717, 1.165) is 38.5 Å². The van der Waals surface area contributed by atoms with Crippen LogP contribution in [0.5, 0.6) is 0 Å². The maximum absolute atomic E-state index is 6.65. The molecule has 0 fully saturated rings. The summed E-state index contributed by atoms with van der Waals surface area (Å²) in [6, 6.07) is 25.1. The SMILES string of the molecule is CC(C)c1ccc(-c2nc(CSc3nnc(-c4ccc(C(C)(C)C)cc4)n3-c3ccccc3Cl)cs2)cc1. The number of aromatic nitrogens is 4. The minimum Gasteiger partial charge on any atom is -0.269 e. The van der Waals surface area contributed by atoms with Crippen LogP contribution < -0.4 is 0 Å². The molecule has 0 saturated heterocycles. The number of halogens is 1. The van der Waals surface area contributed by atoms with Gasteiger partial charge < -0.3 is 0 Å². The average Bonchev–Trinajstić information content (AvgIpc) is 3.55. The van der Waals surface area contributed by atoms with Gasteiger partial charge >= 0.3 is 0 Å². The zero-order valence-corrected chi connectivity index (χ0v) is 24.7. The van der Waals surface area contributed by atoms with E-state index in [1.54, 1.807) is 23.1 Å². The van der Waals surface area contributed by atoms with Crippen LogP contribution in [0.1, 0.15) is 57.4 Å².